The second-order valence-corrected chi connectivity index (χ2v) is 8.22. The highest BCUT2D eigenvalue weighted by molar-refractivity contribution is 7.82. The van der Waals surface area contributed by atoms with Gasteiger partial charge in [0.15, 0.2) is 7.14 Å². The van der Waals surface area contributed by atoms with Crippen LogP contribution in [0.5, 0.6) is 0 Å². The molecule has 0 saturated heterocycles. The molecule has 0 atom stereocenters. The fourth-order valence-corrected chi connectivity index (χ4v) is 5.45. The third-order valence-corrected chi connectivity index (χ3v) is 6.69. The van der Waals surface area contributed by atoms with Crippen LogP contribution in [0.2, 0.25) is 0 Å². The van der Waals surface area contributed by atoms with E-state index in [-0.39, 0.29) is 15.8 Å². The van der Waals surface area contributed by atoms with Crippen LogP contribution < -0.4 is 15.9 Å². The van der Waals surface area contributed by atoms with E-state index in [4.69, 9.17) is 23.2 Å². The summed E-state index contributed by atoms with van der Waals surface area (Å²) in [6, 6.07) is 17.7. The molecule has 0 aromatic heterocycles. The Morgan fingerprint density at radius 2 is 1.32 bits per heavy atom. The predicted octanol–water partition coefficient (Wildman–Crippen LogP) is 3.74. The van der Waals surface area contributed by atoms with Gasteiger partial charge in [0, 0.05) is 17.5 Å². The van der Waals surface area contributed by atoms with Crippen LogP contribution in [0.3, 0.4) is 0 Å². The van der Waals surface area contributed by atoms with Crippen molar-refractivity contribution in [2.45, 2.75) is 6.92 Å². The second-order valence-electron chi connectivity index (χ2n) is 4.57. The summed E-state index contributed by atoms with van der Waals surface area (Å²) in [7, 11) is -3.36. The number of nitrogens with one attached hydrogen (secondary N) is 1. The lowest BCUT2D eigenvalue weighted by molar-refractivity contribution is -0.118. The molecule has 114 valence electrons. The Kier molecular flexibility index (Phi) is 5.47. The second kappa shape index (κ2) is 7.15. The van der Waals surface area contributed by atoms with Crippen LogP contribution in [-0.2, 0) is 9.36 Å². The molecule has 6 heteroatoms. The normalized spacial score (nSPS) is 10.9. The van der Waals surface area contributed by atoms with Crippen molar-refractivity contribution in [1.82, 2.24) is 5.32 Å². The minimum atomic E-state index is -3.36. The lowest BCUT2D eigenvalue weighted by Gasteiger charge is -2.22. The van der Waals surface area contributed by atoms with E-state index in [0.717, 1.165) is 0 Å². The topological polar surface area (TPSA) is 46.2 Å². The van der Waals surface area contributed by atoms with E-state index in [1.54, 1.807) is 48.5 Å². The standard InChI is InChI=1S/C16H14Cl2NO2P/c1-12(20)19-16(15(17)18)22(21,13-8-4-2-5-9-13)14-10-6-3-7-11-14/h2-11H,1H3,(H,19,20). The van der Waals surface area contributed by atoms with Gasteiger partial charge in [0.2, 0.25) is 5.91 Å². The summed E-state index contributed by atoms with van der Waals surface area (Å²) in [4.78, 5) is 11.5. The fourth-order valence-electron chi connectivity index (χ4n) is 2.09. The summed E-state index contributed by atoms with van der Waals surface area (Å²) in [5.41, 5.74) is 0.0285. The van der Waals surface area contributed by atoms with Crippen LogP contribution in [0, 0.1) is 0 Å². The van der Waals surface area contributed by atoms with Crippen molar-refractivity contribution in [1.29, 1.82) is 0 Å². The van der Waals surface area contributed by atoms with E-state index >= 15 is 0 Å². The average molecular weight is 354 g/mol. The zero-order valence-electron chi connectivity index (χ0n) is 11.8. The van der Waals surface area contributed by atoms with Crippen LogP contribution in [0.4, 0.5) is 0 Å². The molecular formula is C16H14Cl2NO2P. The van der Waals surface area contributed by atoms with Crippen molar-refractivity contribution in [3.05, 3.63) is 70.6 Å². The van der Waals surface area contributed by atoms with Gasteiger partial charge in [-0.05, 0) is 0 Å². The molecule has 0 aliphatic rings. The quantitative estimate of drug-likeness (QED) is 0.851. The molecular weight excluding hydrogens is 340 g/mol. The summed E-state index contributed by atoms with van der Waals surface area (Å²) in [6.45, 7) is 1.32. The highest BCUT2D eigenvalue weighted by atomic mass is 35.5. The molecule has 0 heterocycles. The lowest BCUT2D eigenvalue weighted by atomic mass is 10.4. The third kappa shape index (κ3) is 3.44. The van der Waals surface area contributed by atoms with Gasteiger partial charge in [-0.3, -0.25) is 4.79 Å². The number of hydrogen-bond acceptors (Lipinski definition) is 2. The van der Waals surface area contributed by atoms with Gasteiger partial charge in [0.1, 0.15) is 9.93 Å². The number of carbonyl (C=O) groups excluding carboxylic acids is 1. The molecule has 1 amide bonds. The number of rotatable bonds is 4. The Morgan fingerprint density at radius 3 is 1.64 bits per heavy atom. The van der Waals surface area contributed by atoms with E-state index in [2.05, 4.69) is 5.32 Å². The van der Waals surface area contributed by atoms with Gasteiger partial charge in [0.25, 0.3) is 0 Å². The Bertz CT molecular complexity index is 698. The number of halogens is 2. The molecule has 2 rings (SSSR count). The third-order valence-electron chi connectivity index (χ3n) is 3.03. The number of hydrogen-bond donors (Lipinski definition) is 1. The van der Waals surface area contributed by atoms with Crippen molar-refractivity contribution < 1.29 is 9.36 Å². The van der Waals surface area contributed by atoms with Crippen LogP contribution in [0.25, 0.3) is 0 Å². The molecule has 2 aromatic carbocycles. The molecule has 0 aliphatic heterocycles. The maximum Gasteiger partial charge on any atom is 0.221 e. The highest BCUT2D eigenvalue weighted by Gasteiger charge is 2.34. The van der Waals surface area contributed by atoms with Gasteiger partial charge in [-0.15, -0.1) is 0 Å². The van der Waals surface area contributed by atoms with Crippen LogP contribution in [0.15, 0.2) is 70.6 Å². The van der Waals surface area contributed by atoms with Gasteiger partial charge in [0.05, 0.1) is 0 Å². The Balaban J connectivity index is 2.74. The number of carbonyl (C=O) groups is 1. The van der Waals surface area contributed by atoms with Gasteiger partial charge < -0.3 is 9.88 Å². The van der Waals surface area contributed by atoms with Gasteiger partial charge in [-0.2, -0.15) is 0 Å². The summed E-state index contributed by atoms with van der Waals surface area (Å²) in [6.07, 6.45) is 0. The first-order chi connectivity index (χ1) is 10.5. The molecule has 3 nitrogen and oxygen atoms in total. The lowest BCUT2D eigenvalue weighted by Crippen LogP contribution is -2.27. The minimum absolute atomic E-state index is 0.0285. The Labute approximate surface area is 139 Å². The van der Waals surface area contributed by atoms with E-state index in [9.17, 15) is 9.36 Å². The Morgan fingerprint density at radius 1 is 0.909 bits per heavy atom. The number of benzene rings is 2. The Hall–Kier alpha value is -1.54. The molecule has 2 aromatic rings. The van der Waals surface area contributed by atoms with Gasteiger partial charge >= 0.3 is 0 Å². The van der Waals surface area contributed by atoms with E-state index in [0.29, 0.717) is 10.6 Å². The smallest absolute Gasteiger partial charge is 0.221 e. The molecule has 0 spiro atoms. The first kappa shape index (κ1) is 16.8. The first-order valence-electron chi connectivity index (χ1n) is 6.51. The van der Waals surface area contributed by atoms with E-state index in [1.165, 1.54) is 6.92 Å². The maximum atomic E-state index is 13.9. The molecule has 0 radical (unpaired) electrons. The van der Waals surface area contributed by atoms with E-state index < -0.39 is 7.14 Å². The average Bonchev–Trinajstić information content (AvgIpc) is 2.53. The maximum absolute atomic E-state index is 13.9. The summed E-state index contributed by atoms with van der Waals surface area (Å²) in [5, 5.41) is 3.62. The summed E-state index contributed by atoms with van der Waals surface area (Å²) in [5.74, 6) is -0.388. The molecule has 22 heavy (non-hydrogen) atoms. The van der Waals surface area contributed by atoms with Crippen molar-refractivity contribution in [3.8, 4) is 0 Å². The van der Waals surface area contributed by atoms with E-state index in [1.807, 2.05) is 12.1 Å². The molecule has 0 fully saturated rings. The van der Waals surface area contributed by atoms with Crippen LogP contribution in [-0.4, -0.2) is 5.91 Å². The highest BCUT2D eigenvalue weighted by Crippen LogP contribution is 2.52. The summed E-state index contributed by atoms with van der Waals surface area (Å²) >= 11 is 11.9. The van der Waals surface area contributed by atoms with Gasteiger partial charge in [-0.25, -0.2) is 0 Å². The summed E-state index contributed by atoms with van der Waals surface area (Å²) < 4.78 is 13.6. The molecule has 1 N–H and O–H groups in total. The van der Waals surface area contributed by atoms with Crippen molar-refractivity contribution in [2.75, 3.05) is 0 Å². The number of amides is 1. The fraction of sp³-hybridized carbons (Fsp3) is 0.0625. The largest absolute Gasteiger partial charge is 0.321 e. The predicted molar refractivity (Wildman–Crippen MR) is 92.3 cm³/mol. The SMILES string of the molecule is CC(=O)NC(=C(Cl)Cl)P(=O)(c1ccccc1)c1ccccc1. The molecule has 0 aliphatic carbocycles. The minimum Gasteiger partial charge on any atom is -0.321 e. The molecule has 0 bridgehead atoms. The van der Waals surface area contributed by atoms with Crippen molar-refractivity contribution in [3.63, 3.8) is 0 Å². The first-order valence-corrected chi connectivity index (χ1v) is 8.97. The van der Waals surface area contributed by atoms with Crippen molar-refractivity contribution >= 4 is 46.9 Å². The van der Waals surface area contributed by atoms with Crippen LogP contribution in [0.1, 0.15) is 6.92 Å². The van der Waals surface area contributed by atoms with Gasteiger partial charge in [-0.1, -0.05) is 83.9 Å². The van der Waals surface area contributed by atoms with Crippen molar-refractivity contribution in [2.24, 2.45) is 0 Å². The monoisotopic (exact) mass is 353 g/mol. The van der Waals surface area contributed by atoms with Crippen LogP contribution >= 0.6 is 30.3 Å². The molecule has 0 saturated carbocycles. The zero-order chi connectivity index (χ0) is 16.2. The molecule has 0 unspecified atom stereocenters. The zero-order valence-corrected chi connectivity index (χ0v) is 14.2.